The lowest BCUT2D eigenvalue weighted by Gasteiger charge is -2.38. The van der Waals surface area contributed by atoms with E-state index in [1.54, 1.807) is 0 Å². The predicted octanol–water partition coefficient (Wildman–Crippen LogP) is 3.31. The van der Waals surface area contributed by atoms with E-state index < -0.39 is 0 Å². The number of hydrogen-bond donors (Lipinski definition) is 1. The second kappa shape index (κ2) is 6.97. The maximum absolute atomic E-state index is 5.39. The molecule has 0 saturated heterocycles. The molecular formula is C15H27N. The molecule has 0 heterocycles. The van der Waals surface area contributed by atoms with Gasteiger partial charge in [0.15, 0.2) is 0 Å². The van der Waals surface area contributed by atoms with Crippen LogP contribution in [0.4, 0.5) is 0 Å². The third-order valence-corrected chi connectivity index (χ3v) is 4.25. The molecule has 0 spiro atoms. The van der Waals surface area contributed by atoms with Gasteiger partial charge in [0.05, 0.1) is 0 Å². The zero-order valence-electron chi connectivity index (χ0n) is 11.1. The number of terminal acetylenes is 1. The summed E-state index contributed by atoms with van der Waals surface area (Å²) in [7, 11) is 2.06. The van der Waals surface area contributed by atoms with Crippen LogP contribution in [0.25, 0.3) is 0 Å². The highest BCUT2D eigenvalue weighted by Gasteiger charge is 2.30. The van der Waals surface area contributed by atoms with Gasteiger partial charge in [0.1, 0.15) is 0 Å². The maximum Gasteiger partial charge on any atom is 0.00888 e. The number of rotatable bonds is 5. The van der Waals surface area contributed by atoms with Gasteiger partial charge in [0, 0.05) is 6.42 Å². The number of nitrogens with one attached hydrogen (secondary N) is 1. The van der Waals surface area contributed by atoms with Crippen LogP contribution in [0.5, 0.6) is 0 Å². The van der Waals surface area contributed by atoms with Crippen LogP contribution in [0.1, 0.15) is 46.0 Å². The van der Waals surface area contributed by atoms with E-state index in [4.69, 9.17) is 6.42 Å². The molecule has 1 heteroatoms. The largest absolute Gasteiger partial charge is 0.319 e. The SMILES string of the molecule is C#CCCC1CC(C(C)C)CCC1CNC. The van der Waals surface area contributed by atoms with Crippen LogP contribution in [-0.4, -0.2) is 13.6 Å². The summed E-state index contributed by atoms with van der Waals surface area (Å²) in [6.07, 6.45) is 11.8. The van der Waals surface area contributed by atoms with Crippen molar-refractivity contribution in [3.05, 3.63) is 0 Å². The van der Waals surface area contributed by atoms with Crippen LogP contribution in [0.2, 0.25) is 0 Å². The summed E-state index contributed by atoms with van der Waals surface area (Å²) >= 11 is 0. The molecule has 16 heavy (non-hydrogen) atoms. The molecule has 1 saturated carbocycles. The molecule has 0 aromatic carbocycles. The van der Waals surface area contributed by atoms with Crippen LogP contribution in [-0.2, 0) is 0 Å². The molecular weight excluding hydrogens is 194 g/mol. The lowest BCUT2D eigenvalue weighted by molar-refractivity contribution is 0.140. The minimum absolute atomic E-state index is 0.837. The summed E-state index contributed by atoms with van der Waals surface area (Å²) in [5.74, 6) is 6.27. The summed E-state index contributed by atoms with van der Waals surface area (Å²) in [5, 5.41) is 3.34. The van der Waals surface area contributed by atoms with Crippen LogP contribution in [0, 0.1) is 36.0 Å². The fourth-order valence-electron chi connectivity index (χ4n) is 3.12. The molecule has 0 amide bonds. The molecule has 1 nitrogen and oxygen atoms in total. The standard InChI is InChI=1S/C15H27N/c1-5-6-7-14-10-13(12(2)3)8-9-15(14)11-16-4/h1,12-16H,6-11H2,2-4H3. The first kappa shape index (κ1) is 13.6. The first-order chi connectivity index (χ1) is 7.69. The van der Waals surface area contributed by atoms with Crippen molar-refractivity contribution in [2.75, 3.05) is 13.6 Å². The topological polar surface area (TPSA) is 12.0 Å². The molecule has 0 bridgehead atoms. The lowest BCUT2D eigenvalue weighted by atomic mass is 9.69. The Kier molecular flexibility index (Phi) is 5.91. The van der Waals surface area contributed by atoms with Gasteiger partial charge in [-0.05, 0) is 62.9 Å². The van der Waals surface area contributed by atoms with Crippen molar-refractivity contribution in [1.29, 1.82) is 0 Å². The van der Waals surface area contributed by atoms with Crippen molar-refractivity contribution in [2.24, 2.45) is 23.7 Å². The second-order valence-corrected chi connectivity index (χ2v) is 5.64. The highest BCUT2D eigenvalue weighted by atomic mass is 14.8. The summed E-state index contributed by atoms with van der Waals surface area (Å²) < 4.78 is 0. The highest BCUT2D eigenvalue weighted by molar-refractivity contribution is 4.88. The summed E-state index contributed by atoms with van der Waals surface area (Å²) in [6, 6.07) is 0. The Hall–Kier alpha value is -0.480. The minimum Gasteiger partial charge on any atom is -0.319 e. The van der Waals surface area contributed by atoms with Crippen LogP contribution < -0.4 is 5.32 Å². The van der Waals surface area contributed by atoms with E-state index in [1.165, 1.54) is 32.2 Å². The van der Waals surface area contributed by atoms with Gasteiger partial charge in [0.25, 0.3) is 0 Å². The molecule has 0 aromatic heterocycles. The Balaban J connectivity index is 2.51. The van der Waals surface area contributed by atoms with Crippen molar-refractivity contribution in [3.8, 4) is 12.3 Å². The average molecular weight is 221 g/mol. The van der Waals surface area contributed by atoms with Crippen LogP contribution in [0.3, 0.4) is 0 Å². The molecule has 0 aliphatic heterocycles. The van der Waals surface area contributed by atoms with E-state index >= 15 is 0 Å². The summed E-state index contributed by atoms with van der Waals surface area (Å²) in [6.45, 7) is 5.89. The average Bonchev–Trinajstić information content (AvgIpc) is 2.27. The zero-order chi connectivity index (χ0) is 12.0. The molecule has 1 fully saturated rings. The van der Waals surface area contributed by atoms with E-state index in [0.29, 0.717) is 0 Å². The van der Waals surface area contributed by atoms with Crippen LogP contribution in [0.15, 0.2) is 0 Å². The van der Waals surface area contributed by atoms with E-state index in [9.17, 15) is 0 Å². The van der Waals surface area contributed by atoms with E-state index in [0.717, 1.165) is 30.1 Å². The maximum atomic E-state index is 5.39. The fraction of sp³-hybridized carbons (Fsp3) is 0.867. The summed E-state index contributed by atoms with van der Waals surface area (Å²) in [5.41, 5.74) is 0. The number of hydrogen-bond acceptors (Lipinski definition) is 1. The minimum atomic E-state index is 0.837. The van der Waals surface area contributed by atoms with Crippen molar-refractivity contribution in [1.82, 2.24) is 5.32 Å². The van der Waals surface area contributed by atoms with Crippen molar-refractivity contribution >= 4 is 0 Å². The predicted molar refractivity (Wildman–Crippen MR) is 71.2 cm³/mol. The van der Waals surface area contributed by atoms with Crippen molar-refractivity contribution < 1.29 is 0 Å². The van der Waals surface area contributed by atoms with E-state index in [1.807, 2.05) is 0 Å². The van der Waals surface area contributed by atoms with Crippen LogP contribution >= 0.6 is 0 Å². The third-order valence-electron chi connectivity index (χ3n) is 4.25. The first-order valence-corrected chi connectivity index (χ1v) is 6.77. The molecule has 1 aliphatic rings. The van der Waals surface area contributed by atoms with Gasteiger partial charge in [-0.15, -0.1) is 12.3 Å². The fourth-order valence-corrected chi connectivity index (χ4v) is 3.12. The molecule has 1 aliphatic carbocycles. The first-order valence-electron chi connectivity index (χ1n) is 6.77. The Morgan fingerprint density at radius 2 is 2.06 bits per heavy atom. The van der Waals surface area contributed by atoms with Gasteiger partial charge in [-0.2, -0.15) is 0 Å². The Labute approximate surface area is 101 Å². The summed E-state index contributed by atoms with van der Waals surface area (Å²) in [4.78, 5) is 0. The molecule has 3 atom stereocenters. The lowest BCUT2D eigenvalue weighted by Crippen LogP contribution is -2.33. The molecule has 1 rings (SSSR count). The van der Waals surface area contributed by atoms with Crippen molar-refractivity contribution in [3.63, 3.8) is 0 Å². The van der Waals surface area contributed by atoms with Gasteiger partial charge < -0.3 is 5.32 Å². The van der Waals surface area contributed by atoms with E-state index in [-0.39, 0.29) is 0 Å². The Bertz CT molecular complexity index is 226. The monoisotopic (exact) mass is 221 g/mol. The smallest absolute Gasteiger partial charge is 0.00888 e. The van der Waals surface area contributed by atoms with Gasteiger partial charge in [-0.3, -0.25) is 0 Å². The molecule has 3 unspecified atom stereocenters. The normalized spacial score (nSPS) is 30.3. The Morgan fingerprint density at radius 1 is 1.31 bits per heavy atom. The molecule has 1 N–H and O–H groups in total. The van der Waals surface area contributed by atoms with Gasteiger partial charge in [-0.1, -0.05) is 13.8 Å². The molecule has 92 valence electrons. The van der Waals surface area contributed by atoms with Gasteiger partial charge >= 0.3 is 0 Å². The third kappa shape index (κ3) is 3.83. The van der Waals surface area contributed by atoms with Gasteiger partial charge in [0.2, 0.25) is 0 Å². The molecule has 0 aromatic rings. The quantitative estimate of drug-likeness (QED) is 0.702. The second-order valence-electron chi connectivity index (χ2n) is 5.64. The zero-order valence-corrected chi connectivity index (χ0v) is 11.1. The highest BCUT2D eigenvalue weighted by Crippen LogP contribution is 2.39. The van der Waals surface area contributed by atoms with Crippen molar-refractivity contribution in [2.45, 2.75) is 46.0 Å². The van der Waals surface area contributed by atoms with E-state index in [2.05, 4.69) is 32.1 Å². The molecule has 0 radical (unpaired) electrons. The van der Waals surface area contributed by atoms with Gasteiger partial charge in [-0.25, -0.2) is 0 Å². The Morgan fingerprint density at radius 3 is 2.62 bits per heavy atom.